The topological polar surface area (TPSA) is 29.3 Å². The number of rotatable bonds is 3. The smallest absolute Gasteiger partial charge is 0.103 e. The summed E-state index contributed by atoms with van der Waals surface area (Å²) in [5, 5.41) is 0. The van der Waals surface area contributed by atoms with E-state index in [1.165, 1.54) is 22.3 Å². The van der Waals surface area contributed by atoms with E-state index in [2.05, 4.69) is 48.2 Å². The average molecular weight is 296 g/mol. The number of hydrogen-bond acceptors (Lipinski definition) is 2. The van der Waals surface area contributed by atoms with E-state index in [9.17, 15) is 0 Å². The number of benzene rings is 2. The molecule has 1 heterocycles. The molecule has 0 unspecified atom stereocenters. The summed E-state index contributed by atoms with van der Waals surface area (Å²) < 4.78 is 0. The van der Waals surface area contributed by atoms with Crippen molar-refractivity contribution in [2.45, 2.75) is 26.4 Å². The van der Waals surface area contributed by atoms with Crippen LogP contribution in [0.4, 0.5) is 0 Å². The largest absolute Gasteiger partial charge is 0.389 e. The van der Waals surface area contributed by atoms with Crippen LogP contribution in [0.5, 0.6) is 0 Å². The molecule has 21 heavy (non-hydrogen) atoms. The third kappa shape index (κ3) is 3.14. The van der Waals surface area contributed by atoms with Gasteiger partial charge in [-0.25, -0.2) is 0 Å². The van der Waals surface area contributed by atoms with E-state index in [-0.39, 0.29) is 0 Å². The van der Waals surface area contributed by atoms with Crippen LogP contribution in [0.1, 0.15) is 27.8 Å². The zero-order valence-electron chi connectivity index (χ0n) is 12.3. The average Bonchev–Trinajstić information content (AvgIpc) is 2.49. The number of aryl methyl sites for hydroxylation is 1. The van der Waals surface area contributed by atoms with Gasteiger partial charge < -0.3 is 5.73 Å². The van der Waals surface area contributed by atoms with Crippen LogP contribution in [-0.4, -0.2) is 16.4 Å². The molecule has 0 amide bonds. The molecule has 1 aliphatic rings. The van der Waals surface area contributed by atoms with E-state index < -0.39 is 0 Å². The molecule has 0 fully saturated rings. The second-order valence-corrected chi connectivity index (χ2v) is 6.17. The zero-order valence-corrected chi connectivity index (χ0v) is 13.1. The molecule has 3 rings (SSSR count). The SMILES string of the molecule is Cc1cc(C(N)=S)ccc1CN1CCc2ccccc2C1. The molecule has 0 saturated carbocycles. The molecule has 0 spiro atoms. The van der Waals surface area contributed by atoms with Crippen LogP contribution in [0.25, 0.3) is 0 Å². The summed E-state index contributed by atoms with van der Waals surface area (Å²) >= 11 is 5.04. The fourth-order valence-corrected chi connectivity index (χ4v) is 3.08. The lowest BCUT2D eigenvalue weighted by molar-refractivity contribution is 0.245. The monoisotopic (exact) mass is 296 g/mol. The third-order valence-corrected chi connectivity index (χ3v) is 4.47. The van der Waals surface area contributed by atoms with Crippen molar-refractivity contribution in [1.82, 2.24) is 4.90 Å². The molecule has 1 aliphatic heterocycles. The van der Waals surface area contributed by atoms with Crippen LogP contribution < -0.4 is 5.73 Å². The first kappa shape index (κ1) is 14.2. The lowest BCUT2D eigenvalue weighted by atomic mass is 9.98. The van der Waals surface area contributed by atoms with Crippen LogP contribution in [0.15, 0.2) is 42.5 Å². The molecule has 2 aromatic carbocycles. The van der Waals surface area contributed by atoms with Gasteiger partial charge in [-0.3, -0.25) is 4.90 Å². The molecule has 2 N–H and O–H groups in total. The van der Waals surface area contributed by atoms with Crippen LogP contribution in [0.2, 0.25) is 0 Å². The van der Waals surface area contributed by atoms with Crippen molar-refractivity contribution in [3.63, 3.8) is 0 Å². The highest BCUT2D eigenvalue weighted by atomic mass is 32.1. The predicted molar refractivity (Wildman–Crippen MR) is 91.3 cm³/mol. The Labute approximate surface area is 131 Å². The van der Waals surface area contributed by atoms with Crippen LogP contribution in [0.3, 0.4) is 0 Å². The molecule has 0 atom stereocenters. The van der Waals surface area contributed by atoms with Gasteiger partial charge >= 0.3 is 0 Å². The van der Waals surface area contributed by atoms with Gasteiger partial charge in [0, 0.05) is 25.2 Å². The van der Waals surface area contributed by atoms with Gasteiger partial charge in [0.05, 0.1) is 0 Å². The van der Waals surface area contributed by atoms with Crippen molar-refractivity contribution in [3.05, 3.63) is 70.3 Å². The Balaban J connectivity index is 1.75. The maximum atomic E-state index is 5.69. The molecule has 0 aliphatic carbocycles. The van der Waals surface area contributed by atoms with Gasteiger partial charge in [0.2, 0.25) is 0 Å². The summed E-state index contributed by atoms with van der Waals surface area (Å²) in [6.07, 6.45) is 1.14. The highest BCUT2D eigenvalue weighted by Crippen LogP contribution is 2.21. The van der Waals surface area contributed by atoms with E-state index in [0.717, 1.165) is 31.6 Å². The number of thiocarbonyl (C=S) groups is 1. The van der Waals surface area contributed by atoms with Gasteiger partial charge in [0.25, 0.3) is 0 Å². The fraction of sp³-hybridized carbons (Fsp3) is 0.278. The molecular formula is C18H20N2S. The summed E-state index contributed by atoms with van der Waals surface area (Å²) in [5.41, 5.74) is 12.2. The minimum absolute atomic E-state index is 0.469. The molecule has 3 heteroatoms. The highest BCUT2D eigenvalue weighted by molar-refractivity contribution is 7.80. The summed E-state index contributed by atoms with van der Waals surface area (Å²) in [5.74, 6) is 0. The first-order valence-electron chi connectivity index (χ1n) is 7.32. The van der Waals surface area contributed by atoms with E-state index >= 15 is 0 Å². The minimum atomic E-state index is 0.469. The standard InChI is InChI=1S/C18H20N2S/c1-13-10-15(18(19)21)6-7-16(13)11-20-9-8-14-4-2-3-5-17(14)12-20/h2-7,10H,8-9,11-12H2,1H3,(H2,19,21). The number of hydrogen-bond donors (Lipinski definition) is 1. The first-order valence-corrected chi connectivity index (χ1v) is 7.73. The number of fused-ring (bicyclic) bond motifs is 1. The quantitative estimate of drug-likeness (QED) is 0.882. The van der Waals surface area contributed by atoms with Crippen LogP contribution >= 0.6 is 12.2 Å². The van der Waals surface area contributed by atoms with Gasteiger partial charge in [-0.15, -0.1) is 0 Å². The first-order chi connectivity index (χ1) is 10.1. The molecular weight excluding hydrogens is 276 g/mol. The van der Waals surface area contributed by atoms with Crippen molar-refractivity contribution in [2.24, 2.45) is 5.73 Å². The van der Waals surface area contributed by atoms with Crippen molar-refractivity contribution in [3.8, 4) is 0 Å². The van der Waals surface area contributed by atoms with E-state index in [4.69, 9.17) is 18.0 Å². The Morgan fingerprint density at radius 3 is 2.67 bits per heavy atom. The van der Waals surface area contributed by atoms with E-state index in [1.807, 2.05) is 6.07 Å². The molecule has 0 bridgehead atoms. The Bertz CT molecular complexity index is 679. The Kier molecular flexibility index (Phi) is 4.04. The molecule has 2 nitrogen and oxygen atoms in total. The maximum absolute atomic E-state index is 5.69. The van der Waals surface area contributed by atoms with Crippen molar-refractivity contribution < 1.29 is 0 Å². The Morgan fingerprint density at radius 1 is 1.19 bits per heavy atom. The molecule has 2 aromatic rings. The van der Waals surface area contributed by atoms with Gasteiger partial charge in [0.1, 0.15) is 4.99 Å². The van der Waals surface area contributed by atoms with E-state index in [0.29, 0.717) is 4.99 Å². The Morgan fingerprint density at radius 2 is 1.95 bits per heavy atom. The summed E-state index contributed by atoms with van der Waals surface area (Å²) in [7, 11) is 0. The van der Waals surface area contributed by atoms with Gasteiger partial charge in [-0.05, 0) is 41.7 Å². The van der Waals surface area contributed by atoms with Crippen LogP contribution in [-0.2, 0) is 19.5 Å². The predicted octanol–water partition coefficient (Wildman–Crippen LogP) is 3.19. The zero-order chi connectivity index (χ0) is 14.8. The van der Waals surface area contributed by atoms with E-state index in [1.54, 1.807) is 0 Å². The molecule has 0 aromatic heterocycles. The fourth-order valence-electron chi connectivity index (χ4n) is 2.96. The summed E-state index contributed by atoms with van der Waals surface area (Å²) in [6, 6.07) is 15.0. The highest BCUT2D eigenvalue weighted by Gasteiger charge is 2.16. The minimum Gasteiger partial charge on any atom is -0.389 e. The van der Waals surface area contributed by atoms with Crippen molar-refractivity contribution in [1.29, 1.82) is 0 Å². The summed E-state index contributed by atoms with van der Waals surface area (Å²) in [4.78, 5) is 2.97. The third-order valence-electron chi connectivity index (χ3n) is 4.23. The van der Waals surface area contributed by atoms with Crippen LogP contribution in [0, 0.1) is 6.92 Å². The normalized spacial score (nSPS) is 14.7. The lowest BCUT2D eigenvalue weighted by Gasteiger charge is -2.29. The van der Waals surface area contributed by atoms with Crippen molar-refractivity contribution >= 4 is 17.2 Å². The second kappa shape index (κ2) is 5.96. The van der Waals surface area contributed by atoms with Crippen molar-refractivity contribution in [2.75, 3.05) is 6.54 Å². The summed E-state index contributed by atoms with van der Waals surface area (Å²) in [6.45, 7) is 5.27. The Hall–Kier alpha value is -1.71. The van der Waals surface area contributed by atoms with Gasteiger partial charge in [0.15, 0.2) is 0 Å². The number of nitrogens with two attached hydrogens (primary N) is 1. The van der Waals surface area contributed by atoms with Gasteiger partial charge in [-0.2, -0.15) is 0 Å². The van der Waals surface area contributed by atoms with Gasteiger partial charge in [-0.1, -0.05) is 48.6 Å². The molecule has 0 radical (unpaired) electrons. The second-order valence-electron chi connectivity index (χ2n) is 5.73. The molecule has 108 valence electrons. The number of nitrogens with zero attached hydrogens (tertiary/aromatic N) is 1. The molecule has 0 saturated heterocycles. The maximum Gasteiger partial charge on any atom is 0.103 e. The lowest BCUT2D eigenvalue weighted by Crippen LogP contribution is -2.30.